The van der Waals surface area contributed by atoms with Gasteiger partial charge >= 0.3 is 0 Å². The van der Waals surface area contributed by atoms with Crippen LogP contribution in [0.15, 0.2) is 47.6 Å². The van der Waals surface area contributed by atoms with Crippen LogP contribution in [0, 0.1) is 6.92 Å². The summed E-state index contributed by atoms with van der Waals surface area (Å²) in [5, 5.41) is 14.3. The lowest BCUT2D eigenvalue weighted by Crippen LogP contribution is -1.93. The number of anilines is 1. The van der Waals surface area contributed by atoms with E-state index >= 15 is 0 Å². The third-order valence-corrected chi connectivity index (χ3v) is 2.76. The fourth-order valence-corrected chi connectivity index (χ4v) is 1.68. The highest BCUT2D eigenvalue weighted by Crippen LogP contribution is 2.20. The average Bonchev–Trinajstić information content (AvgIpc) is 2.36. The number of aryl methyl sites for hydroxylation is 1. The molecule has 0 radical (unpaired) electrons. The highest BCUT2D eigenvalue weighted by molar-refractivity contribution is 6.30. The van der Waals surface area contributed by atoms with Crippen molar-refractivity contribution in [2.24, 2.45) is 5.10 Å². The van der Waals surface area contributed by atoms with E-state index in [2.05, 4.69) is 10.5 Å². The van der Waals surface area contributed by atoms with Gasteiger partial charge in [0.25, 0.3) is 0 Å². The van der Waals surface area contributed by atoms with Crippen LogP contribution in [-0.2, 0) is 0 Å². The topological polar surface area (TPSA) is 44.6 Å². The summed E-state index contributed by atoms with van der Waals surface area (Å²) in [4.78, 5) is 0. The summed E-state index contributed by atoms with van der Waals surface area (Å²) in [5.41, 5.74) is 5.52. The van der Waals surface area contributed by atoms with E-state index in [4.69, 9.17) is 11.6 Å². The molecule has 0 aromatic heterocycles. The Labute approximate surface area is 111 Å². The first-order chi connectivity index (χ1) is 8.66. The van der Waals surface area contributed by atoms with Crippen molar-refractivity contribution in [2.75, 3.05) is 5.43 Å². The summed E-state index contributed by atoms with van der Waals surface area (Å²) in [6, 6.07) is 12.6. The molecule has 18 heavy (non-hydrogen) atoms. The van der Waals surface area contributed by atoms with Gasteiger partial charge in [-0.1, -0.05) is 29.8 Å². The maximum Gasteiger partial charge on any atom is 0.124 e. The number of para-hydroxylation sites is 1. The molecule has 0 unspecified atom stereocenters. The molecule has 92 valence electrons. The highest BCUT2D eigenvalue weighted by Gasteiger charge is 1.99. The van der Waals surface area contributed by atoms with Crippen molar-refractivity contribution >= 4 is 23.5 Å². The smallest absolute Gasteiger partial charge is 0.124 e. The van der Waals surface area contributed by atoms with Crippen LogP contribution in [0.5, 0.6) is 5.75 Å². The Morgan fingerprint density at radius 2 is 2.00 bits per heavy atom. The van der Waals surface area contributed by atoms with Crippen LogP contribution in [-0.4, -0.2) is 11.3 Å². The van der Waals surface area contributed by atoms with Gasteiger partial charge in [0.2, 0.25) is 0 Å². The van der Waals surface area contributed by atoms with E-state index in [9.17, 15) is 5.11 Å². The van der Waals surface area contributed by atoms with Gasteiger partial charge in [-0.15, -0.1) is 0 Å². The Bertz CT molecular complexity index is 582. The quantitative estimate of drug-likeness (QED) is 0.651. The van der Waals surface area contributed by atoms with E-state index in [1.165, 1.54) is 12.3 Å². The first-order valence-corrected chi connectivity index (χ1v) is 5.88. The van der Waals surface area contributed by atoms with Crippen molar-refractivity contribution in [3.05, 3.63) is 58.6 Å². The number of phenolic OH excluding ortho intramolecular Hbond substituents is 1. The number of aromatic hydroxyl groups is 1. The molecule has 0 amide bonds. The van der Waals surface area contributed by atoms with Crippen LogP contribution in [0.4, 0.5) is 5.69 Å². The molecule has 2 aromatic carbocycles. The summed E-state index contributed by atoms with van der Waals surface area (Å²) in [6.45, 7) is 1.99. The minimum absolute atomic E-state index is 0.148. The Morgan fingerprint density at radius 1 is 1.22 bits per heavy atom. The minimum atomic E-state index is 0.148. The summed E-state index contributed by atoms with van der Waals surface area (Å²) < 4.78 is 0. The zero-order chi connectivity index (χ0) is 13.0. The molecule has 0 saturated carbocycles. The van der Waals surface area contributed by atoms with E-state index in [1.807, 2.05) is 31.2 Å². The first-order valence-electron chi connectivity index (χ1n) is 5.50. The largest absolute Gasteiger partial charge is 0.507 e. The van der Waals surface area contributed by atoms with Crippen molar-refractivity contribution in [3.63, 3.8) is 0 Å². The molecule has 0 aliphatic heterocycles. The lowest BCUT2D eigenvalue weighted by Gasteiger charge is -2.04. The van der Waals surface area contributed by atoms with Crippen LogP contribution in [0.3, 0.4) is 0 Å². The zero-order valence-electron chi connectivity index (χ0n) is 9.89. The van der Waals surface area contributed by atoms with Crippen LogP contribution < -0.4 is 5.43 Å². The molecule has 0 saturated heterocycles. The Morgan fingerprint density at radius 3 is 2.78 bits per heavy atom. The van der Waals surface area contributed by atoms with Crippen LogP contribution in [0.1, 0.15) is 11.1 Å². The predicted octanol–water partition coefficient (Wildman–Crippen LogP) is 3.80. The van der Waals surface area contributed by atoms with Gasteiger partial charge in [0.15, 0.2) is 0 Å². The lowest BCUT2D eigenvalue weighted by atomic mass is 10.2. The number of benzene rings is 2. The van der Waals surface area contributed by atoms with E-state index in [1.54, 1.807) is 12.1 Å². The maximum absolute atomic E-state index is 9.61. The molecular weight excluding hydrogens is 248 g/mol. The number of halogens is 1. The molecule has 2 N–H and O–H groups in total. The first kappa shape index (κ1) is 12.5. The second-order valence-corrected chi connectivity index (χ2v) is 4.32. The summed E-state index contributed by atoms with van der Waals surface area (Å²) >= 11 is 5.84. The van der Waals surface area contributed by atoms with Crippen molar-refractivity contribution in [1.82, 2.24) is 0 Å². The fourth-order valence-electron chi connectivity index (χ4n) is 1.50. The monoisotopic (exact) mass is 260 g/mol. The van der Waals surface area contributed by atoms with Gasteiger partial charge in [0.1, 0.15) is 5.75 Å². The zero-order valence-corrected chi connectivity index (χ0v) is 10.6. The Balaban J connectivity index is 2.12. The van der Waals surface area contributed by atoms with Gasteiger partial charge in [0, 0.05) is 10.6 Å². The number of hydrazone groups is 1. The molecule has 3 nitrogen and oxygen atoms in total. The van der Waals surface area contributed by atoms with Gasteiger partial charge in [-0.25, -0.2) is 0 Å². The second kappa shape index (κ2) is 5.56. The normalized spacial score (nSPS) is 10.8. The van der Waals surface area contributed by atoms with Crippen LogP contribution in [0.25, 0.3) is 0 Å². The number of hydrogen-bond donors (Lipinski definition) is 2. The third kappa shape index (κ3) is 3.02. The number of rotatable bonds is 3. The summed E-state index contributed by atoms with van der Waals surface area (Å²) in [7, 11) is 0. The van der Waals surface area contributed by atoms with Crippen molar-refractivity contribution < 1.29 is 5.11 Å². The molecule has 0 spiro atoms. The summed E-state index contributed by atoms with van der Waals surface area (Å²) in [5.74, 6) is 0.148. The summed E-state index contributed by atoms with van der Waals surface area (Å²) in [6.07, 6.45) is 1.54. The SMILES string of the molecule is Cc1ccccc1NN=Cc1cc(Cl)ccc1O. The van der Waals surface area contributed by atoms with Crippen LogP contribution >= 0.6 is 11.6 Å². The second-order valence-electron chi connectivity index (χ2n) is 3.89. The molecule has 2 rings (SSSR count). The van der Waals surface area contributed by atoms with Crippen LogP contribution in [0.2, 0.25) is 5.02 Å². The molecule has 0 aliphatic rings. The molecule has 0 heterocycles. The third-order valence-electron chi connectivity index (χ3n) is 2.52. The Hall–Kier alpha value is -2.00. The molecule has 0 bridgehead atoms. The minimum Gasteiger partial charge on any atom is -0.507 e. The number of nitrogens with one attached hydrogen (secondary N) is 1. The molecule has 0 fully saturated rings. The van der Waals surface area contributed by atoms with Crippen molar-refractivity contribution in [3.8, 4) is 5.75 Å². The predicted molar refractivity (Wildman–Crippen MR) is 75.5 cm³/mol. The van der Waals surface area contributed by atoms with E-state index in [0.717, 1.165) is 11.3 Å². The van der Waals surface area contributed by atoms with Gasteiger partial charge in [-0.05, 0) is 36.8 Å². The molecule has 2 aromatic rings. The molecule has 0 atom stereocenters. The van der Waals surface area contributed by atoms with Gasteiger partial charge in [-0.3, -0.25) is 5.43 Å². The molecule has 0 aliphatic carbocycles. The number of nitrogens with zero attached hydrogens (tertiary/aromatic N) is 1. The molecular formula is C14H13ClN2O. The van der Waals surface area contributed by atoms with Crippen molar-refractivity contribution in [1.29, 1.82) is 0 Å². The molecule has 4 heteroatoms. The number of phenols is 1. The van der Waals surface area contributed by atoms with E-state index in [-0.39, 0.29) is 5.75 Å². The maximum atomic E-state index is 9.61. The fraction of sp³-hybridized carbons (Fsp3) is 0.0714. The van der Waals surface area contributed by atoms with Gasteiger partial charge in [-0.2, -0.15) is 5.10 Å². The Kier molecular flexibility index (Phi) is 3.85. The van der Waals surface area contributed by atoms with E-state index in [0.29, 0.717) is 10.6 Å². The van der Waals surface area contributed by atoms with Gasteiger partial charge in [0.05, 0.1) is 11.9 Å². The lowest BCUT2D eigenvalue weighted by molar-refractivity contribution is 0.474. The van der Waals surface area contributed by atoms with E-state index < -0.39 is 0 Å². The van der Waals surface area contributed by atoms with Crippen molar-refractivity contribution in [2.45, 2.75) is 6.92 Å². The standard InChI is InChI=1S/C14H13ClN2O/c1-10-4-2-3-5-13(10)17-16-9-11-8-12(15)6-7-14(11)18/h2-9,17-18H,1H3. The number of hydrogen-bond acceptors (Lipinski definition) is 3. The highest BCUT2D eigenvalue weighted by atomic mass is 35.5. The average molecular weight is 261 g/mol. The van der Waals surface area contributed by atoms with Gasteiger partial charge < -0.3 is 5.11 Å².